The molecule has 0 aromatic heterocycles. The molecule has 2 aromatic carbocycles. The van der Waals surface area contributed by atoms with E-state index in [1.807, 2.05) is 0 Å². The molecule has 28 heavy (non-hydrogen) atoms. The van der Waals surface area contributed by atoms with Gasteiger partial charge < -0.3 is 4.74 Å². The summed E-state index contributed by atoms with van der Waals surface area (Å²) in [5.74, 6) is 5.46. The van der Waals surface area contributed by atoms with Crippen molar-refractivity contribution in [1.82, 2.24) is 0 Å². The van der Waals surface area contributed by atoms with Crippen LogP contribution in [-0.2, 0) is 19.6 Å². The minimum Gasteiger partial charge on any atom is -0.469 e. The van der Waals surface area contributed by atoms with Gasteiger partial charge >= 0.3 is 5.97 Å². The van der Waals surface area contributed by atoms with Gasteiger partial charge in [-0.2, -0.15) is 0 Å². The summed E-state index contributed by atoms with van der Waals surface area (Å²) in [4.78, 5) is 11.0. The Balaban J connectivity index is 2.25. The molecule has 0 atom stereocenters. The molecule has 9 heteroatoms. The number of rotatable bonds is 6. The van der Waals surface area contributed by atoms with E-state index in [2.05, 4.69) is 21.3 Å². The Kier molecular flexibility index (Phi) is 8.02. The van der Waals surface area contributed by atoms with Crippen molar-refractivity contribution in [3.05, 3.63) is 57.0 Å². The van der Waals surface area contributed by atoms with E-state index in [9.17, 15) is 13.2 Å². The number of anilines is 1. The van der Waals surface area contributed by atoms with E-state index in [1.165, 1.54) is 31.4 Å². The molecule has 0 spiro atoms. The molecule has 1 N–H and O–H groups in total. The molecule has 0 saturated carbocycles. The van der Waals surface area contributed by atoms with Gasteiger partial charge in [-0.05, 0) is 36.8 Å². The summed E-state index contributed by atoms with van der Waals surface area (Å²) in [6.07, 6.45) is 1.22. The molecule has 0 unspecified atom stereocenters. The number of ether oxygens (including phenoxy) is 1. The number of carbonyl (C=O) groups is 1. The molecule has 0 fully saturated rings. The van der Waals surface area contributed by atoms with Crippen LogP contribution in [0.4, 0.5) is 5.69 Å². The molecular weight excluding hydrogens is 445 g/mol. The van der Waals surface area contributed by atoms with Crippen LogP contribution in [0.3, 0.4) is 0 Å². The molecule has 0 radical (unpaired) electrons. The van der Waals surface area contributed by atoms with Crippen molar-refractivity contribution in [2.75, 3.05) is 11.8 Å². The van der Waals surface area contributed by atoms with Crippen LogP contribution in [0.5, 0.6) is 0 Å². The normalized spacial score (nSPS) is 10.7. The fourth-order valence-corrected chi connectivity index (χ4v) is 4.20. The van der Waals surface area contributed by atoms with Crippen molar-refractivity contribution in [2.45, 2.75) is 24.2 Å². The standard InChI is InChI=1S/C19H16Cl3NO4S/c1-27-18(24)9-4-2-3-6-13-12-14(20)10-11-16(13)23-28(25,26)17-8-5-7-15(21)19(17)22/h5,7-8,10-12,23H,2,4,9H2,1H3. The SMILES string of the molecule is COC(=O)CCCC#Cc1cc(Cl)ccc1NS(=O)(=O)c1cccc(Cl)c1Cl. The Morgan fingerprint density at radius 3 is 2.64 bits per heavy atom. The van der Waals surface area contributed by atoms with Crippen LogP contribution < -0.4 is 4.72 Å². The number of halogens is 3. The van der Waals surface area contributed by atoms with Gasteiger partial charge in [-0.1, -0.05) is 52.7 Å². The zero-order chi connectivity index (χ0) is 20.7. The second-order valence-corrected chi connectivity index (χ2v) is 8.45. The third-order valence-corrected chi connectivity index (χ3v) is 6.14. The van der Waals surface area contributed by atoms with Gasteiger partial charge in [0, 0.05) is 17.9 Å². The van der Waals surface area contributed by atoms with E-state index in [0.29, 0.717) is 23.4 Å². The fraction of sp³-hybridized carbons (Fsp3) is 0.211. The molecule has 2 aromatic rings. The summed E-state index contributed by atoms with van der Waals surface area (Å²) in [5, 5.41) is 0.468. The summed E-state index contributed by atoms with van der Waals surface area (Å²) >= 11 is 17.9. The lowest BCUT2D eigenvalue weighted by Gasteiger charge is -2.12. The number of hydrogen-bond acceptors (Lipinski definition) is 4. The first-order valence-corrected chi connectivity index (χ1v) is 10.7. The number of sulfonamides is 1. The first-order chi connectivity index (χ1) is 13.2. The highest BCUT2D eigenvalue weighted by molar-refractivity contribution is 7.92. The monoisotopic (exact) mass is 459 g/mol. The van der Waals surface area contributed by atoms with Crippen LogP contribution in [0.1, 0.15) is 24.8 Å². The summed E-state index contributed by atoms with van der Waals surface area (Å²) in [6.45, 7) is 0. The van der Waals surface area contributed by atoms with Crippen LogP contribution in [-0.4, -0.2) is 21.5 Å². The van der Waals surface area contributed by atoms with Crippen molar-refractivity contribution in [3.63, 3.8) is 0 Å². The van der Waals surface area contributed by atoms with E-state index in [-0.39, 0.29) is 33.0 Å². The highest BCUT2D eigenvalue weighted by Gasteiger charge is 2.20. The average molecular weight is 461 g/mol. The molecule has 0 aliphatic rings. The maximum atomic E-state index is 12.7. The molecule has 5 nitrogen and oxygen atoms in total. The third kappa shape index (κ3) is 6.05. The molecule has 0 aliphatic heterocycles. The van der Waals surface area contributed by atoms with Gasteiger partial charge in [-0.25, -0.2) is 8.42 Å². The minimum atomic E-state index is -3.99. The van der Waals surface area contributed by atoms with Crippen LogP contribution in [0.2, 0.25) is 15.1 Å². The van der Waals surface area contributed by atoms with Gasteiger partial charge in [0.25, 0.3) is 10.0 Å². The van der Waals surface area contributed by atoms with Gasteiger partial charge in [-0.3, -0.25) is 9.52 Å². The molecule has 0 heterocycles. The average Bonchev–Trinajstić information content (AvgIpc) is 2.65. The van der Waals surface area contributed by atoms with Crippen LogP contribution >= 0.6 is 34.8 Å². The zero-order valence-corrected chi connectivity index (χ0v) is 17.8. The predicted octanol–water partition coefficient (Wildman–Crippen LogP) is 5.14. The van der Waals surface area contributed by atoms with Gasteiger partial charge in [0.2, 0.25) is 0 Å². The van der Waals surface area contributed by atoms with Crippen molar-refractivity contribution < 1.29 is 17.9 Å². The zero-order valence-electron chi connectivity index (χ0n) is 14.8. The Labute approximate surface area is 179 Å². The molecule has 0 bridgehead atoms. The molecular formula is C19H16Cl3NO4S. The van der Waals surface area contributed by atoms with Gasteiger partial charge in [0.1, 0.15) is 4.90 Å². The Hall–Kier alpha value is -1.91. The van der Waals surface area contributed by atoms with Gasteiger partial charge in [-0.15, -0.1) is 0 Å². The first kappa shape index (κ1) is 22.4. The summed E-state index contributed by atoms with van der Waals surface area (Å²) in [7, 11) is -2.67. The van der Waals surface area contributed by atoms with Crippen molar-refractivity contribution in [2.24, 2.45) is 0 Å². The molecule has 148 valence electrons. The van der Waals surface area contributed by atoms with Gasteiger partial charge in [0.15, 0.2) is 0 Å². The second kappa shape index (κ2) is 10.0. The van der Waals surface area contributed by atoms with Crippen molar-refractivity contribution in [3.8, 4) is 11.8 Å². The largest absolute Gasteiger partial charge is 0.469 e. The smallest absolute Gasteiger partial charge is 0.305 e. The van der Waals surface area contributed by atoms with E-state index >= 15 is 0 Å². The minimum absolute atomic E-state index is 0.0684. The molecule has 0 aliphatic carbocycles. The highest BCUT2D eigenvalue weighted by Crippen LogP contribution is 2.31. The topological polar surface area (TPSA) is 72.5 Å². The number of benzene rings is 2. The Bertz CT molecular complexity index is 1040. The second-order valence-electron chi connectivity index (χ2n) is 5.58. The number of carbonyl (C=O) groups excluding carboxylic acids is 1. The van der Waals surface area contributed by atoms with Crippen LogP contribution in [0.25, 0.3) is 0 Å². The lowest BCUT2D eigenvalue weighted by molar-refractivity contribution is -0.140. The quantitative estimate of drug-likeness (QED) is 0.368. The van der Waals surface area contributed by atoms with E-state index < -0.39 is 10.0 Å². The molecule has 0 saturated heterocycles. The Morgan fingerprint density at radius 1 is 1.18 bits per heavy atom. The van der Waals surface area contributed by atoms with Crippen LogP contribution in [0, 0.1) is 11.8 Å². The predicted molar refractivity (Wildman–Crippen MR) is 111 cm³/mol. The van der Waals surface area contributed by atoms with E-state index in [0.717, 1.165) is 0 Å². The summed E-state index contributed by atoms with van der Waals surface area (Å²) < 4.78 is 32.4. The molecule has 0 amide bonds. The first-order valence-electron chi connectivity index (χ1n) is 8.06. The fourth-order valence-electron chi connectivity index (χ4n) is 2.18. The maximum Gasteiger partial charge on any atom is 0.305 e. The van der Waals surface area contributed by atoms with E-state index in [1.54, 1.807) is 12.1 Å². The number of esters is 1. The molecule has 2 rings (SSSR count). The lowest BCUT2D eigenvalue weighted by atomic mass is 10.1. The number of nitrogens with one attached hydrogen (secondary N) is 1. The summed E-state index contributed by atoms with van der Waals surface area (Å²) in [5.41, 5.74) is 0.646. The Morgan fingerprint density at radius 2 is 1.93 bits per heavy atom. The number of unbranched alkanes of at least 4 members (excludes halogenated alkanes) is 1. The lowest BCUT2D eigenvalue weighted by Crippen LogP contribution is -2.14. The van der Waals surface area contributed by atoms with Crippen LogP contribution in [0.15, 0.2) is 41.3 Å². The maximum absolute atomic E-state index is 12.7. The summed E-state index contributed by atoms with van der Waals surface area (Å²) in [6, 6.07) is 8.94. The van der Waals surface area contributed by atoms with Crippen molar-refractivity contribution >= 4 is 56.5 Å². The highest BCUT2D eigenvalue weighted by atomic mass is 35.5. The van der Waals surface area contributed by atoms with Gasteiger partial charge in [0.05, 0.1) is 28.4 Å². The number of hydrogen-bond donors (Lipinski definition) is 1. The van der Waals surface area contributed by atoms with E-state index in [4.69, 9.17) is 34.8 Å². The van der Waals surface area contributed by atoms with Crippen molar-refractivity contribution in [1.29, 1.82) is 0 Å². The number of methoxy groups -OCH3 is 1. The third-order valence-electron chi connectivity index (χ3n) is 3.57.